The van der Waals surface area contributed by atoms with Crippen molar-refractivity contribution in [1.29, 1.82) is 0 Å². The fourth-order valence-corrected chi connectivity index (χ4v) is 4.44. The third kappa shape index (κ3) is 5.55. The lowest BCUT2D eigenvalue weighted by Crippen LogP contribution is -2.47. The lowest BCUT2D eigenvalue weighted by atomic mass is 9.91. The maximum absolute atomic E-state index is 14.0. The average Bonchev–Trinajstić information content (AvgIpc) is 3.59. The van der Waals surface area contributed by atoms with Gasteiger partial charge in [0.25, 0.3) is 0 Å². The number of aromatic nitrogens is 1. The Morgan fingerprint density at radius 2 is 2.00 bits per heavy atom. The number of carbonyl (C=O) groups excluding carboxylic acids is 1. The van der Waals surface area contributed by atoms with E-state index in [0.717, 1.165) is 44.5 Å². The molecule has 2 heterocycles. The molecular formula is C24H28ClFN2O3. The number of hydrogen-bond acceptors (Lipinski definition) is 5. The molecule has 0 bridgehead atoms. The zero-order valence-electron chi connectivity index (χ0n) is 17.7. The van der Waals surface area contributed by atoms with Crippen LogP contribution in [0.5, 0.6) is 5.88 Å². The Morgan fingerprint density at radius 3 is 2.68 bits per heavy atom. The predicted molar refractivity (Wildman–Crippen MR) is 117 cm³/mol. The van der Waals surface area contributed by atoms with E-state index >= 15 is 0 Å². The van der Waals surface area contributed by atoms with Crippen molar-refractivity contribution in [3.63, 3.8) is 0 Å². The summed E-state index contributed by atoms with van der Waals surface area (Å²) in [7, 11) is 0. The number of piperidine rings is 1. The summed E-state index contributed by atoms with van der Waals surface area (Å²) in [5.41, 5.74) is 1.42. The van der Waals surface area contributed by atoms with Gasteiger partial charge in [-0.05, 0) is 69.8 Å². The molecule has 5 nitrogen and oxygen atoms in total. The van der Waals surface area contributed by atoms with Gasteiger partial charge in [-0.1, -0.05) is 23.7 Å². The van der Waals surface area contributed by atoms with Gasteiger partial charge in [-0.25, -0.2) is 9.37 Å². The van der Waals surface area contributed by atoms with E-state index in [1.165, 1.54) is 6.07 Å². The molecule has 2 aliphatic rings. The Bertz CT molecular complexity index is 913. The van der Waals surface area contributed by atoms with Crippen LogP contribution in [0.4, 0.5) is 4.39 Å². The van der Waals surface area contributed by atoms with Gasteiger partial charge in [-0.15, -0.1) is 0 Å². The first kappa shape index (κ1) is 22.0. The predicted octanol–water partition coefficient (Wildman–Crippen LogP) is 4.97. The van der Waals surface area contributed by atoms with E-state index < -0.39 is 0 Å². The average molecular weight is 447 g/mol. The molecule has 1 aliphatic carbocycles. The monoisotopic (exact) mass is 446 g/mol. The summed E-state index contributed by atoms with van der Waals surface area (Å²) in [5, 5.41) is 0.361. The van der Waals surface area contributed by atoms with Crippen molar-refractivity contribution < 1.29 is 18.7 Å². The lowest BCUT2D eigenvalue weighted by Gasteiger charge is -2.36. The van der Waals surface area contributed by atoms with E-state index in [1.54, 1.807) is 18.2 Å². The smallest absolute Gasteiger partial charge is 0.323 e. The molecular weight excluding hydrogens is 419 g/mol. The first-order valence-electron chi connectivity index (χ1n) is 11.0. The van der Waals surface area contributed by atoms with Gasteiger partial charge in [-0.2, -0.15) is 0 Å². The SMILES string of the molecule is CCOC(=O)C(C1CC1)N1CCC(c2cccc(OCc3ccc(Cl)cc3F)n2)CC1. The fourth-order valence-electron chi connectivity index (χ4n) is 4.28. The Kier molecular flexibility index (Phi) is 7.08. The highest BCUT2D eigenvalue weighted by Crippen LogP contribution is 2.38. The van der Waals surface area contributed by atoms with Crippen LogP contribution in [0.15, 0.2) is 36.4 Å². The van der Waals surface area contributed by atoms with Crippen molar-refractivity contribution in [2.75, 3.05) is 19.7 Å². The summed E-state index contributed by atoms with van der Waals surface area (Å²) in [4.78, 5) is 19.4. The Labute approximate surface area is 187 Å². The van der Waals surface area contributed by atoms with E-state index in [-0.39, 0.29) is 24.4 Å². The van der Waals surface area contributed by atoms with E-state index in [2.05, 4.69) is 9.88 Å². The van der Waals surface area contributed by atoms with Crippen molar-refractivity contribution in [2.45, 2.75) is 51.2 Å². The van der Waals surface area contributed by atoms with E-state index in [4.69, 9.17) is 21.1 Å². The molecule has 1 aromatic heterocycles. The van der Waals surface area contributed by atoms with Crippen molar-refractivity contribution in [2.24, 2.45) is 5.92 Å². The first-order valence-corrected chi connectivity index (χ1v) is 11.4. The minimum absolute atomic E-state index is 0.0774. The number of halogens is 2. The number of ether oxygens (including phenoxy) is 2. The molecule has 1 unspecified atom stereocenters. The summed E-state index contributed by atoms with van der Waals surface area (Å²) >= 11 is 5.80. The Morgan fingerprint density at radius 1 is 1.23 bits per heavy atom. The molecule has 1 saturated carbocycles. The van der Waals surface area contributed by atoms with Crippen LogP contribution in [0.2, 0.25) is 5.02 Å². The molecule has 1 aliphatic heterocycles. The standard InChI is InChI=1S/C24H28ClFN2O3/c1-2-30-24(29)23(17-6-7-17)28-12-10-16(11-13-28)21-4-3-5-22(27-21)31-15-18-8-9-19(25)14-20(18)26/h3-5,8-9,14,16-17,23H,2,6-7,10-13,15H2,1H3. The minimum atomic E-state index is -0.386. The van der Waals surface area contributed by atoms with Gasteiger partial charge >= 0.3 is 5.97 Å². The number of pyridine rings is 1. The quantitative estimate of drug-likeness (QED) is 0.535. The zero-order chi connectivity index (χ0) is 21.8. The summed E-state index contributed by atoms with van der Waals surface area (Å²) in [6.45, 7) is 4.09. The molecule has 7 heteroatoms. The molecule has 1 atom stereocenters. The molecule has 1 saturated heterocycles. The van der Waals surface area contributed by atoms with Crippen molar-refractivity contribution >= 4 is 17.6 Å². The van der Waals surface area contributed by atoms with Crippen LogP contribution in [0.1, 0.15) is 49.8 Å². The van der Waals surface area contributed by atoms with Gasteiger partial charge in [0.1, 0.15) is 18.5 Å². The summed E-state index contributed by atoms with van der Waals surface area (Å²) in [6.07, 6.45) is 4.09. The number of nitrogens with zero attached hydrogens (tertiary/aromatic N) is 2. The number of rotatable bonds is 8. The number of carbonyl (C=O) groups is 1. The van der Waals surface area contributed by atoms with E-state index in [1.807, 2.05) is 19.1 Å². The van der Waals surface area contributed by atoms with E-state index in [0.29, 0.717) is 34.9 Å². The topological polar surface area (TPSA) is 51.7 Å². The van der Waals surface area contributed by atoms with Crippen molar-refractivity contribution in [1.82, 2.24) is 9.88 Å². The van der Waals surface area contributed by atoms with Crippen LogP contribution in [0.25, 0.3) is 0 Å². The van der Waals surface area contributed by atoms with Crippen LogP contribution in [0, 0.1) is 11.7 Å². The van der Waals surface area contributed by atoms with E-state index in [9.17, 15) is 9.18 Å². The summed E-state index contributed by atoms with van der Waals surface area (Å²) in [5.74, 6) is 0.777. The summed E-state index contributed by atoms with van der Waals surface area (Å²) < 4.78 is 25.0. The second-order valence-corrected chi connectivity index (χ2v) is 8.71. The highest BCUT2D eigenvalue weighted by Gasteiger charge is 2.42. The third-order valence-electron chi connectivity index (χ3n) is 6.07. The van der Waals surface area contributed by atoms with Gasteiger partial charge in [0.15, 0.2) is 0 Å². The van der Waals surface area contributed by atoms with Gasteiger partial charge < -0.3 is 9.47 Å². The van der Waals surface area contributed by atoms with Crippen molar-refractivity contribution in [3.05, 3.63) is 58.5 Å². The number of benzene rings is 1. The molecule has 0 N–H and O–H groups in total. The molecule has 0 amide bonds. The molecule has 166 valence electrons. The normalized spacial score (nSPS) is 18.5. The second kappa shape index (κ2) is 9.96. The summed E-state index contributed by atoms with van der Waals surface area (Å²) in [6, 6.07) is 10.2. The highest BCUT2D eigenvalue weighted by molar-refractivity contribution is 6.30. The van der Waals surface area contributed by atoms with Crippen molar-refractivity contribution in [3.8, 4) is 5.88 Å². The fraction of sp³-hybridized carbons (Fsp3) is 0.500. The van der Waals surface area contributed by atoms with Crippen LogP contribution in [0.3, 0.4) is 0 Å². The maximum Gasteiger partial charge on any atom is 0.323 e. The molecule has 2 fully saturated rings. The van der Waals surface area contributed by atoms with Gasteiger partial charge in [0.05, 0.1) is 6.61 Å². The highest BCUT2D eigenvalue weighted by atomic mass is 35.5. The number of hydrogen-bond donors (Lipinski definition) is 0. The molecule has 2 aromatic rings. The maximum atomic E-state index is 14.0. The van der Waals surface area contributed by atoms with Gasteiger partial charge in [-0.3, -0.25) is 9.69 Å². The Balaban J connectivity index is 1.35. The van der Waals surface area contributed by atoms with Crippen LogP contribution in [-0.4, -0.2) is 41.6 Å². The molecule has 0 radical (unpaired) electrons. The first-order chi connectivity index (χ1) is 15.0. The third-order valence-corrected chi connectivity index (χ3v) is 6.31. The molecule has 31 heavy (non-hydrogen) atoms. The van der Waals surface area contributed by atoms with Gasteiger partial charge in [0.2, 0.25) is 5.88 Å². The number of likely N-dealkylation sites (tertiary alicyclic amines) is 1. The zero-order valence-corrected chi connectivity index (χ0v) is 18.5. The van der Waals surface area contributed by atoms with Gasteiger partial charge in [0, 0.05) is 28.3 Å². The largest absolute Gasteiger partial charge is 0.473 e. The molecule has 1 aromatic carbocycles. The molecule has 4 rings (SSSR count). The number of esters is 1. The molecule has 0 spiro atoms. The Hall–Kier alpha value is -2.18. The second-order valence-electron chi connectivity index (χ2n) is 8.27. The minimum Gasteiger partial charge on any atom is -0.473 e. The lowest BCUT2D eigenvalue weighted by molar-refractivity contribution is -0.151. The van der Waals surface area contributed by atoms with Crippen LogP contribution in [-0.2, 0) is 16.1 Å². The van der Waals surface area contributed by atoms with Crippen LogP contribution < -0.4 is 4.74 Å². The van der Waals surface area contributed by atoms with Crippen LogP contribution >= 0.6 is 11.6 Å².